The van der Waals surface area contributed by atoms with Crippen molar-refractivity contribution in [3.8, 4) is 0 Å². The Balaban J connectivity index is 2.17. The van der Waals surface area contributed by atoms with Crippen LogP contribution in [0.4, 0.5) is 27.6 Å². The van der Waals surface area contributed by atoms with Crippen molar-refractivity contribution in [1.29, 1.82) is 0 Å². The van der Waals surface area contributed by atoms with E-state index in [1.54, 1.807) is 20.8 Å². The zero-order valence-corrected chi connectivity index (χ0v) is 15.4. The average Bonchev–Trinajstić information content (AvgIpc) is 2.30. The number of hydrogen-bond acceptors (Lipinski definition) is 1. The van der Waals surface area contributed by atoms with Crippen molar-refractivity contribution in [3.63, 3.8) is 0 Å². The van der Waals surface area contributed by atoms with E-state index in [-0.39, 0.29) is 25.1 Å². The lowest BCUT2D eigenvalue weighted by Crippen LogP contribution is -2.45. The molecule has 1 aliphatic carbocycles. The first-order valence-electron chi connectivity index (χ1n) is 7.69. The standard InChI is InChI=1S/C17H21BrF5N/c1-14(2)7-15(3,9-16(19,20)8-14)10-24-13-5-11(17(21,22)23)4-12(18)6-13/h4-6,24H,7-10H2,1-3H3. The molecular weight excluding hydrogens is 393 g/mol. The minimum Gasteiger partial charge on any atom is -0.384 e. The van der Waals surface area contributed by atoms with Gasteiger partial charge in [-0.15, -0.1) is 0 Å². The Hall–Kier alpha value is -0.850. The summed E-state index contributed by atoms with van der Waals surface area (Å²) in [5.41, 5.74) is -1.71. The van der Waals surface area contributed by atoms with Crippen LogP contribution in [0, 0.1) is 10.8 Å². The summed E-state index contributed by atoms with van der Waals surface area (Å²) in [6.45, 7) is 5.57. The summed E-state index contributed by atoms with van der Waals surface area (Å²) in [7, 11) is 0. The van der Waals surface area contributed by atoms with Crippen LogP contribution in [0.5, 0.6) is 0 Å². The van der Waals surface area contributed by atoms with Gasteiger partial charge in [-0.2, -0.15) is 13.2 Å². The fourth-order valence-corrected chi connectivity index (χ4v) is 4.46. The zero-order valence-electron chi connectivity index (χ0n) is 13.8. The maximum absolute atomic E-state index is 14.0. The molecule has 1 atom stereocenters. The fourth-order valence-electron chi connectivity index (χ4n) is 3.96. The van der Waals surface area contributed by atoms with E-state index in [4.69, 9.17) is 0 Å². The van der Waals surface area contributed by atoms with Crippen LogP contribution in [0.1, 0.15) is 45.6 Å². The number of alkyl halides is 5. The van der Waals surface area contributed by atoms with E-state index in [2.05, 4.69) is 21.2 Å². The molecule has 1 fully saturated rings. The highest BCUT2D eigenvalue weighted by molar-refractivity contribution is 9.10. The molecule has 1 unspecified atom stereocenters. The summed E-state index contributed by atoms with van der Waals surface area (Å²) in [5.74, 6) is -2.76. The Morgan fingerprint density at radius 1 is 1.04 bits per heavy atom. The number of rotatable bonds is 3. The van der Waals surface area contributed by atoms with Gasteiger partial charge < -0.3 is 5.32 Å². The molecule has 1 nitrogen and oxygen atoms in total. The van der Waals surface area contributed by atoms with Gasteiger partial charge in [0.1, 0.15) is 0 Å². The molecule has 0 spiro atoms. The Bertz CT molecular complexity index is 593. The third-order valence-corrected chi connectivity index (χ3v) is 4.73. The van der Waals surface area contributed by atoms with Crippen molar-refractivity contribution in [2.24, 2.45) is 10.8 Å². The van der Waals surface area contributed by atoms with E-state index < -0.39 is 28.5 Å². The van der Waals surface area contributed by atoms with Gasteiger partial charge in [0.2, 0.25) is 5.92 Å². The van der Waals surface area contributed by atoms with Gasteiger partial charge in [-0.25, -0.2) is 8.78 Å². The van der Waals surface area contributed by atoms with Crippen molar-refractivity contribution in [2.45, 2.75) is 52.1 Å². The molecule has 2 rings (SSSR count). The van der Waals surface area contributed by atoms with Crippen molar-refractivity contribution >= 4 is 21.6 Å². The molecule has 0 heterocycles. The Labute approximate surface area is 147 Å². The highest BCUT2D eigenvalue weighted by atomic mass is 79.9. The number of hydrogen-bond donors (Lipinski definition) is 1. The molecule has 0 aromatic heterocycles. The van der Waals surface area contributed by atoms with Crippen molar-refractivity contribution in [1.82, 2.24) is 0 Å². The Kier molecular flexibility index (Phi) is 4.99. The van der Waals surface area contributed by atoms with Gasteiger partial charge in [-0.3, -0.25) is 0 Å². The smallest absolute Gasteiger partial charge is 0.384 e. The maximum atomic E-state index is 14.0. The van der Waals surface area contributed by atoms with Gasteiger partial charge in [0, 0.05) is 29.5 Å². The lowest BCUT2D eigenvalue weighted by atomic mass is 9.63. The predicted molar refractivity (Wildman–Crippen MR) is 88.3 cm³/mol. The minimum absolute atomic E-state index is 0.162. The van der Waals surface area contributed by atoms with E-state index in [9.17, 15) is 22.0 Å². The SMILES string of the molecule is CC1(C)CC(F)(F)CC(C)(CNc2cc(Br)cc(C(F)(F)F)c2)C1. The molecule has 1 aromatic rings. The summed E-state index contributed by atoms with van der Waals surface area (Å²) >= 11 is 3.06. The third-order valence-electron chi connectivity index (χ3n) is 4.27. The fraction of sp³-hybridized carbons (Fsp3) is 0.647. The second-order valence-corrected chi connectivity index (χ2v) is 8.86. The van der Waals surface area contributed by atoms with E-state index in [1.165, 1.54) is 6.07 Å². The van der Waals surface area contributed by atoms with Crippen molar-refractivity contribution < 1.29 is 22.0 Å². The minimum atomic E-state index is -4.45. The molecule has 0 radical (unpaired) electrons. The van der Waals surface area contributed by atoms with E-state index in [0.717, 1.165) is 12.1 Å². The molecule has 0 bridgehead atoms. The molecule has 1 aromatic carbocycles. The predicted octanol–water partition coefficient (Wildman–Crippen LogP) is 6.73. The van der Waals surface area contributed by atoms with Crippen LogP contribution in [-0.4, -0.2) is 12.5 Å². The van der Waals surface area contributed by atoms with Crippen LogP contribution in [0.25, 0.3) is 0 Å². The molecule has 1 saturated carbocycles. The molecule has 24 heavy (non-hydrogen) atoms. The van der Waals surface area contributed by atoms with Gasteiger partial charge in [0.15, 0.2) is 0 Å². The van der Waals surface area contributed by atoms with Crippen molar-refractivity contribution in [3.05, 3.63) is 28.2 Å². The third kappa shape index (κ3) is 5.07. The second-order valence-electron chi connectivity index (χ2n) is 7.94. The van der Waals surface area contributed by atoms with Gasteiger partial charge in [-0.1, -0.05) is 36.7 Å². The number of halogens is 6. The summed E-state index contributed by atoms with van der Waals surface area (Å²) in [6, 6.07) is 3.51. The molecule has 1 N–H and O–H groups in total. The zero-order chi connectivity index (χ0) is 18.4. The van der Waals surface area contributed by atoms with E-state index in [0.29, 0.717) is 10.9 Å². The topological polar surface area (TPSA) is 12.0 Å². The summed E-state index contributed by atoms with van der Waals surface area (Å²) < 4.78 is 67.0. The first-order valence-corrected chi connectivity index (χ1v) is 8.49. The molecule has 136 valence electrons. The Morgan fingerprint density at radius 2 is 1.67 bits per heavy atom. The first-order chi connectivity index (χ1) is 10.7. The summed E-state index contributed by atoms with van der Waals surface area (Å²) in [4.78, 5) is 0. The lowest BCUT2D eigenvalue weighted by Gasteiger charge is -2.46. The van der Waals surface area contributed by atoms with Gasteiger partial charge in [0.25, 0.3) is 0 Å². The number of anilines is 1. The molecular formula is C17H21BrF5N. The molecule has 7 heteroatoms. The molecule has 1 aliphatic rings. The second kappa shape index (κ2) is 6.15. The lowest BCUT2D eigenvalue weighted by molar-refractivity contribution is -0.137. The molecule has 0 saturated heterocycles. The van der Waals surface area contributed by atoms with Gasteiger partial charge in [0.05, 0.1) is 5.56 Å². The van der Waals surface area contributed by atoms with E-state index >= 15 is 0 Å². The van der Waals surface area contributed by atoms with Crippen LogP contribution in [0.2, 0.25) is 0 Å². The molecule has 0 aliphatic heterocycles. The van der Waals surface area contributed by atoms with Gasteiger partial charge >= 0.3 is 6.18 Å². The normalized spacial score (nSPS) is 26.2. The number of benzene rings is 1. The Morgan fingerprint density at radius 3 is 2.21 bits per heavy atom. The maximum Gasteiger partial charge on any atom is 0.416 e. The van der Waals surface area contributed by atoms with E-state index in [1.807, 2.05) is 0 Å². The van der Waals surface area contributed by atoms with Gasteiger partial charge in [-0.05, 0) is 35.4 Å². The van der Waals surface area contributed by atoms with Crippen LogP contribution < -0.4 is 5.32 Å². The first kappa shape index (κ1) is 19.5. The summed E-state index contributed by atoms with van der Waals surface area (Å²) in [6.07, 6.45) is -4.30. The highest BCUT2D eigenvalue weighted by Gasteiger charge is 2.50. The van der Waals surface area contributed by atoms with Crippen molar-refractivity contribution in [2.75, 3.05) is 11.9 Å². The number of nitrogens with one attached hydrogen (secondary N) is 1. The van der Waals surface area contributed by atoms with Crippen LogP contribution in [-0.2, 0) is 6.18 Å². The highest BCUT2D eigenvalue weighted by Crippen LogP contribution is 2.52. The average molecular weight is 414 g/mol. The quantitative estimate of drug-likeness (QED) is 0.541. The van der Waals surface area contributed by atoms with Crippen LogP contribution >= 0.6 is 15.9 Å². The largest absolute Gasteiger partial charge is 0.416 e. The summed E-state index contributed by atoms with van der Waals surface area (Å²) in [5, 5.41) is 2.92. The molecule has 0 amide bonds. The monoisotopic (exact) mass is 413 g/mol. The van der Waals surface area contributed by atoms with Crippen LogP contribution in [0.15, 0.2) is 22.7 Å². The van der Waals surface area contributed by atoms with Crippen LogP contribution in [0.3, 0.4) is 0 Å².